The number of benzene rings is 2. The van der Waals surface area contributed by atoms with Crippen LogP contribution in [0.3, 0.4) is 0 Å². The molecule has 2 heterocycles. The van der Waals surface area contributed by atoms with Crippen LogP contribution in [-0.2, 0) is 19.1 Å². The molecule has 0 bridgehead atoms. The van der Waals surface area contributed by atoms with Gasteiger partial charge in [-0.2, -0.15) is 0 Å². The Labute approximate surface area is 188 Å². The number of hydrogen-bond acceptors (Lipinski definition) is 7. The SMILES string of the molecule is O=C1NN(c2ccccc2)C(=O)/C1=C\c1cccc([N+](=O)[O-])c1OCC(=O)N1CCOCC1. The van der Waals surface area contributed by atoms with E-state index in [4.69, 9.17) is 9.47 Å². The Bertz CT molecular complexity index is 1130. The van der Waals surface area contributed by atoms with Gasteiger partial charge in [0.05, 0.1) is 23.8 Å². The molecule has 170 valence electrons. The standard InChI is InChI=1S/C22H20N4O7/c27-19(24-9-11-32-12-10-24)14-33-20-15(5-4-8-18(20)26(30)31)13-17-21(28)23-25(22(17)29)16-6-2-1-3-7-16/h1-8,13H,9-12,14H2,(H,23,28)/b17-13-. The first kappa shape index (κ1) is 22.0. The molecule has 3 amide bonds. The Hall–Kier alpha value is -4.25. The van der Waals surface area contributed by atoms with E-state index in [2.05, 4.69) is 5.43 Å². The molecule has 0 atom stereocenters. The molecule has 1 N–H and O–H groups in total. The maximum Gasteiger partial charge on any atom is 0.311 e. The largest absolute Gasteiger partial charge is 0.476 e. The zero-order valence-corrected chi connectivity index (χ0v) is 17.4. The van der Waals surface area contributed by atoms with Crippen molar-refractivity contribution in [2.75, 3.05) is 37.9 Å². The Morgan fingerprint density at radius 1 is 1.12 bits per heavy atom. The fraction of sp³-hybridized carbons (Fsp3) is 0.227. The van der Waals surface area contributed by atoms with Gasteiger partial charge in [0.2, 0.25) is 5.75 Å². The van der Waals surface area contributed by atoms with Crippen LogP contribution in [0.2, 0.25) is 0 Å². The van der Waals surface area contributed by atoms with Gasteiger partial charge in [0.1, 0.15) is 5.57 Å². The third-order valence-corrected chi connectivity index (χ3v) is 5.13. The molecule has 11 nitrogen and oxygen atoms in total. The van der Waals surface area contributed by atoms with Gasteiger partial charge in [-0.25, -0.2) is 5.01 Å². The minimum atomic E-state index is -0.661. The number of carbonyl (C=O) groups excluding carboxylic acids is 3. The molecule has 4 rings (SSSR count). The van der Waals surface area contributed by atoms with Crippen LogP contribution >= 0.6 is 0 Å². The van der Waals surface area contributed by atoms with Crippen molar-refractivity contribution in [1.29, 1.82) is 0 Å². The number of carbonyl (C=O) groups is 3. The van der Waals surface area contributed by atoms with E-state index in [9.17, 15) is 24.5 Å². The van der Waals surface area contributed by atoms with E-state index in [0.29, 0.717) is 32.0 Å². The van der Waals surface area contributed by atoms with Gasteiger partial charge in [0.25, 0.3) is 17.7 Å². The predicted molar refractivity (Wildman–Crippen MR) is 116 cm³/mol. The highest BCUT2D eigenvalue weighted by Gasteiger charge is 2.35. The van der Waals surface area contributed by atoms with E-state index in [1.807, 2.05) is 0 Å². The lowest BCUT2D eigenvalue weighted by atomic mass is 10.1. The summed E-state index contributed by atoms with van der Waals surface area (Å²) >= 11 is 0. The maximum absolute atomic E-state index is 12.9. The molecule has 0 saturated carbocycles. The average molecular weight is 452 g/mol. The van der Waals surface area contributed by atoms with Gasteiger partial charge in [0.15, 0.2) is 6.61 Å². The zero-order valence-electron chi connectivity index (χ0n) is 17.4. The second-order valence-corrected chi connectivity index (χ2v) is 7.21. The molecule has 0 unspecified atom stereocenters. The summed E-state index contributed by atoms with van der Waals surface area (Å²) in [6.07, 6.45) is 1.22. The van der Waals surface area contributed by atoms with Crippen molar-refractivity contribution in [3.63, 3.8) is 0 Å². The molecule has 2 aliphatic heterocycles. The van der Waals surface area contributed by atoms with E-state index < -0.39 is 23.3 Å². The van der Waals surface area contributed by atoms with Gasteiger partial charge < -0.3 is 14.4 Å². The van der Waals surface area contributed by atoms with E-state index in [1.165, 1.54) is 24.3 Å². The second-order valence-electron chi connectivity index (χ2n) is 7.21. The van der Waals surface area contributed by atoms with Crippen molar-refractivity contribution in [2.45, 2.75) is 0 Å². The van der Waals surface area contributed by atoms with Crippen molar-refractivity contribution < 1.29 is 28.8 Å². The molecule has 0 spiro atoms. The van der Waals surface area contributed by atoms with Crippen molar-refractivity contribution in [3.05, 3.63) is 69.8 Å². The number of nitro benzene ring substituents is 1. The number of rotatable bonds is 6. The van der Waals surface area contributed by atoms with Crippen LogP contribution in [0.25, 0.3) is 6.08 Å². The van der Waals surface area contributed by atoms with Gasteiger partial charge in [-0.05, 0) is 18.2 Å². The van der Waals surface area contributed by atoms with Crippen molar-refractivity contribution in [1.82, 2.24) is 10.3 Å². The Morgan fingerprint density at radius 3 is 2.55 bits per heavy atom. The Kier molecular flexibility index (Phi) is 6.31. The van der Waals surface area contributed by atoms with Crippen LogP contribution < -0.4 is 15.2 Å². The molecule has 0 aliphatic carbocycles. The summed E-state index contributed by atoms with van der Waals surface area (Å²) in [5.41, 5.74) is 2.46. The first-order chi connectivity index (χ1) is 16.0. The molecule has 11 heteroatoms. The van der Waals surface area contributed by atoms with Crippen molar-refractivity contribution in [3.8, 4) is 5.75 Å². The number of nitro groups is 1. The molecular weight excluding hydrogens is 432 g/mol. The van der Waals surface area contributed by atoms with Gasteiger partial charge in [-0.3, -0.25) is 29.9 Å². The highest BCUT2D eigenvalue weighted by molar-refractivity contribution is 6.31. The molecular formula is C22H20N4O7. The highest BCUT2D eigenvalue weighted by atomic mass is 16.6. The Balaban J connectivity index is 1.62. The number of hydrazine groups is 1. The lowest BCUT2D eigenvalue weighted by Crippen LogP contribution is -2.43. The maximum atomic E-state index is 12.9. The van der Waals surface area contributed by atoms with E-state index in [1.54, 1.807) is 35.2 Å². The fourth-order valence-corrected chi connectivity index (χ4v) is 3.47. The number of amides is 3. The number of nitrogens with one attached hydrogen (secondary N) is 1. The molecule has 2 aromatic rings. The predicted octanol–water partition coefficient (Wildman–Crippen LogP) is 1.29. The topological polar surface area (TPSA) is 131 Å². The number of anilines is 1. The molecule has 2 saturated heterocycles. The van der Waals surface area contributed by atoms with Gasteiger partial charge in [-0.1, -0.05) is 30.3 Å². The monoisotopic (exact) mass is 452 g/mol. The lowest BCUT2D eigenvalue weighted by molar-refractivity contribution is -0.385. The summed E-state index contributed by atoms with van der Waals surface area (Å²) in [5, 5.41) is 12.7. The number of ether oxygens (including phenoxy) is 2. The molecule has 33 heavy (non-hydrogen) atoms. The quantitative estimate of drug-likeness (QED) is 0.302. The highest BCUT2D eigenvalue weighted by Crippen LogP contribution is 2.33. The summed E-state index contributed by atoms with van der Waals surface area (Å²) < 4.78 is 10.8. The van der Waals surface area contributed by atoms with Gasteiger partial charge >= 0.3 is 5.69 Å². The third-order valence-electron chi connectivity index (χ3n) is 5.13. The average Bonchev–Trinajstić information content (AvgIpc) is 3.12. The number of morpholine rings is 1. The van der Waals surface area contributed by atoms with Crippen LogP contribution in [0, 0.1) is 10.1 Å². The van der Waals surface area contributed by atoms with E-state index in [0.717, 1.165) is 5.01 Å². The summed E-state index contributed by atoms with van der Waals surface area (Å²) in [5.74, 6) is -1.82. The minimum Gasteiger partial charge on any atom is -0.476 e. The Morgan fingerprint density at radius 2 is 1.85 bits per heavy atom. The van der Waals surface area contributed by atoms with Crippen LogP contribution in [0.15, 0.2) is 54.1 Å². The lowest BCUT2D eigenvalue weighted by Gasteiger charge is -2.26. The number of hydrogen-bond donors (Lipinski definition) is 1. The molecule has 2 fully saturated rings. The minimum absolute atomic E-state index is 0.132. The summed E-state index contributed by atoms with van der Waals surface area (Å²) in [6.45, 7) is 1.19. The first-order valence-corrected chi connectivity index (χ1v) is 10.1. The van der Waals surface area contributed by atoms with Crippen molar-refractivity contribution >= 4 is 35.2 Å². The van der Waals surface area contributed by atoms with Crippen LogP contribution in [0.5, 0.6) is 5.75 Å². The summed E-state index contributed by atoms with van der Waals surface area (Å²) in [7, 11) is 0. The van der Waals surface area contributed by atoms with Crippen LogP contribution in [0.1, 0.15) is 5.56 Å². The van der Waals surface area contributed by atoms with E-state index >= 15 is 0 Å². The van der Waals surface area contributed by atoms with Crippen LogP contribution in [0.4, 0.5) is 11.4 Å². The molecule has 2 aromatic carbocycles. The van der Waals surface area contributed by atoms with Gasteiger partial charge in [-0.15, -0.1) is 0 Å². The summed E-state index contributed by atoms with van der Waals surface area (Å²) in [6, 6.07) is 12.6. The molecule has 0 radical (unpaired) electrons. The molecule has 0 aromatic heterocycles. The normalized spacial score (nSPS) is 17.3. The van der Waals surface area contributed by atoms with Crippen LogP contribution in [-0.4, -0.2) is 60.5 Å². The van der Waals surface area contributed by atoms with E-state index in [-0.39, 0.29) is 28.5 Å². The van der Waals surface area contributed by atoms with Crippen molar-refractivity contribution in [2.24, 2.45) is 0 Å². The smallest absolute Gasteiger partial charge is 0.311 e. The molecule has 2 aliphatic rings. The fourth-order valence-electron chi connectivity index (χ4n) is 3.47. The number of para-hydroxylation sites is 2. The number of nitrogens with zero attached hydrogens (tertiary/aromatic N) is 3. The summed E-state index contributed by atoms with van der Waals surface area (Å²) in [4.78, 5) is 50.2. The first-order valence-electron chi connectivity index (χ1n) is 10.1. The zero-order chi connectivity index (χ0) is 23.4. The van der Waals surface area contributed by atoms with Gasteiger partial charge in [0, 0.05) is 24.7 Å². The third kappa shape index (κ3) is 4.67. The second kappa shape index (κ2) is 9.49.